The van der Waals surface area contributed by atoms with Gasteiger partial charge in [0.25, 0.3) is 5.91 Å². The maximum Gasteiger partial charge on any atom is 0.260 e. The van der Waals surface area contributed by atoms with Crippen molar-refractivity contribution in [3.05, 3.63) is 66.2 Å². The van der Waals surface area contributed by atoms with E-state index in [0.717, 1.165) is 33.3 Å². The van der Waals surface area contributed by atoms with Gasteiger partial charge in [0.1, 0.15) is 5.75 Å². The van der Waals surface area contributed by atoms with Crippen LogP contribution in [0.25, 0.3) is 21.0 Å². The van der Waals surface area contributed by atoms with E-state index in [1.54, 1.807) is 12.0 Å². The van der Waals surface area contributed by atoms with E-state index in [0.29, 0.717) is 17.2 Å². The number of amides is 1. The summed E-state index contributed by atoms with van der Waals surface area (Å²) in [5.74, 6) is 0.726. The topological polar surface area (TPSA) is 45.7 Å². The van der Waals surface area contributed by atoms with Gasteiger partial charge in [-0.2, -0.15) is 0 Å². The number of hydrogen-bond acceptors (Lipinski definition) is 5. The van der Waals surface area contributed by atoms with E-state index >= 15 is 0 Å². The minimum atomic E-state index is -0.0327. The first kappa shape index (κ1) is 19.4. The Balaban J connectivity index is 1.78. The zero-order valence-electron chi connectivity index (χ0n) is 16.8. The number of hydrogen-bond donors (Lipinski definition) is 0. The summed E-state index contributed by atoms with van der Waals surface area (Å²) in [6, 6.07) is 19.6. The van der Waals surface area contributed by atoms with Crippen molar-refractivity contribution in [2.24, 2.45) is 0 Å². The average molecular weight is 406 g/mol. The number of thiazole rings is 1. The maximum atomic E-state index is 13.6. The predicted octanol–water partition coefficient (Wildman–Crippen LogP) is 4.67. The fourth-order valence-corrected chi connectivity index (χ4v) is 4.25. The second kappa shape index (κ2) is 8.19. The van der Waals surface area contributed by atoms with Crippen LogP contribution in [0.3, 0.4) is 0 Å². The normalized spacial score (nSPS) is 11.3. The first-order chi connectivity index (χ1) is 14.1. The quantitative estimate of drug-likeness (QED) is 0.468. The van der Waals surface area contributed by atoms with Crippen molar-refractivity contribution in [2.45, 2.75) is 0 Å². The molecule has 0 radical (unpaired) electrons. The van der Waals surface area contributed by atoms with Crippen LogP contribution >= 0.6 is 11.3 Å². The lowest BCUT2D eigenvalue weighted by Crippen LogP contribution is -2.36. The molecule has 1 aromatic heterocycles. The Morgan fingerprint density at radius 1 is 1.03 bits per heavy atom. The molecule has 0 bridgehead atoms. The van der Waals surface area contributed by atoms with Crippen LogP contribution in [0.1, 0.15) is 10.4 Å². The molecule has 3 aromatic carbocycles. The van der Waals surface area contributed by atoms with Gasteiger partial charge in [-0.3, -0.25) is 9.69 Å². The lowest BCUT2D eigenvalue weighted by molar-refractivity contribution is 0.0987. The Kier molecular flexibility index (Phi) is 5.47. The zero-order valence-corrected chi connectivity index (χ0v) is 17.6. The summed E-state index contributed by atoms with van der Waals surface area (Å²) in [4.78, 5) is 22.2. The molecule has 4 rings (SSSR count). The molecule has 1 heterocycles. The highest BCUT2D eigenvalue weighted by molar-refractivity contribution is 7.22. The Hall–Kier alpha value is -2.96. The Morgan fingerprint density at radius 2 is 1.83 bits per heavy atom. The van der Waals surface area contributed by atoms with E-state index in [4.69, 9.17) is 9.72 Å². The number of carbonyl (C=O) groups is 1. The van der Waals surface area contributed by atoms with Crippen LogP contribution in [0.15, 0.2) is 60.7 Å². The highest BCUT2D eigenvalue weighted by Crippen LogP contribution is 2.32. The van der Waals surface area contributed by atoms with Gasteiger partial charge >= 0.3 is 0 Å². The molecular formula is C23H23N3O2S. The second-order valence-corrected chi connectivity index (χ2v) is 8.13. The summed E-state index contributed by atoms with van der Waals surface area (Å²) >= 11 is 1.52. The number of rotatable bonds is 6. The van der Waals surface area contributed by atoms with E-state index < -0.39 is 0 Å². The highest BCUT2D eigenvalue weighted by atomic mass is 32.1. The van der Waals surface area contributed by atoms with Crippen molar-refractivity contribution in [3.8, 4) is 5.75 Å². The molecule has 0 spiro atoms. The minimum Gasteiger partial charge on any atom is -0.497 e. The van der Waals surface area contributed by atoms with Crippen LogP contribution in [0.2, 0.25) is 0 Å². The van der Waals surface area contributed by atoms with Crippen molar-refractivity contribution in [2.75, 3.05) is 39.2 Å². The third-order valence-corrected chi connectivity index (χ3v) is 5.91. The van der Waals surface area contributed by atoms with Crippen molar-refractivity contribution in [1.29, 1.82) is 0 Å². The number of benzene rings is 3. The maximum absolute atomic E-state index is 13.6. The number of ether oxygens (including phenoxy) is 1. The van der Waals surface area contributed by atoms with Gasteiger partial charge < -0.3 is 9.64 Å². The molecule has 5 nitrogen and oxygen atoms in total. The van der Waals surface area contributed by atoms with Crippen molar-refractivity contribution in [1.82, 2.24) is 9.88 Å². The zero-order chi connectivity index (χ0) is 20.4. The summed E-state index contributed by atoms with van der Waals surface area (Å²) in [7, 11) is 5.65. The molecule has 0 fully saturated rings. The Bertz CT molecular complexity index is 1160. The van der Waals surface area contributed by atoms with Crippen LogP contribution in [0.4, 0.5) is 5.13 Å². The molecular weight excluding hydrogens is 382 g/mol. The third-order valence-electron chi connectivity index (χ3n) is 4.85. The number of carbonyl (C=O) groups excluding carboxylic acids is 1. The molecule has 0 atom stereocenters. The van der Waals surface area contributed by atoms with Gasteiger partial charge in [-0.25, -0.2) is 4.98 Å². The molecule has 1 amide bonds. The number of fused-ring (bicyclic) bond motifs is 2. The molecule has 0 aliphatic carbocycles. The summed E-state index contributed by atoms with van der Waals surface area (Å²) in [5, 5.41) is 2.71. The lowest BCUT2D eigenvalue weighted by atomic mass is 10.0. The molecule has 4 aromatic rings. The van der Waals surface area contributed by atoms with Gasteiger partial charge in [0, 0.05) is 24.7 Å². The fourth-order valence-electron chi connectivity index (χ4n) is 3.28. The third kappa shape index (κ3) is 3.95. The summed E-state index contributed by atoms with van der Waals surface area (Å²) in [6.45, 7) is 1.31. The molecule has 29 heavy (non-hydrogen) atoms. The number of nitrogens with zero attached hydrogens (tertiary/aromatic N) is 3. The van der Waals surface area contributed by atoms with Gasteiger partial charge in [0.2, 0.25) is 0 Å². The monoisotopic (exact) mass is 405 g/mol. The van der Waals surface area contributed by atoms with E-state index in [2.05, 4.69) is 4.90 Å². The summed E-state index contributed by atoms with van der Waals surface area (Å²) in [6.07, 6.45) is 0. The first-order valence-electron chi connectivity index (χ1n) is 9.46. The van der Waals surface area contributed by atoms with E-state index in [-0.39, 0.29) is 5.91 Å². The number of methoxy groups -OCH3 is 1. The fraction of sp³-hybridized carbons (Fsp3) is 0.217. The van der Waals surface area contributed by atoms with Gasteiger partial charge in [-0.05, 0) is 43.1 Å². The van der Waals surface area contributed by atoms with Crippen LogP contribution in [-0.2, 0) is 0 Å². The molecule has 148 valence electrons. The highest BCUT2D eigenvalue weighted by Gasteiger charge is 2.23. The van der Waals surface area contributed by atoms with Crippen molar-refractivity contribution in [3.63, 3.8) is 0 Å². The molecule has 0 N–H and O–H groups in total. The van der Waals surface area contributed by atoms with E-state index in [9.17, 15) is 4.79 Å². The minimum absolute atomic E-state index is 0.0327. The van der Waals surface area contributed by atoms with Crippen LogP contribution < -0.4 is 9.64 Å². The Morgan fingerprint density at radius 3 is 2.62 bits per heavy atom. The second-order valence-electron chi connectivity index (χ2n) is 7.12. The first-order valence-corrected chi connectivity index (χ1v) is 10.3. The summed E-state index contributed by atoms with van der Waals surface area (Å²) in [5.41, 5.74) is 1.53. The average Bonchev–Trinajstić information content (AvgIpc) is 3.15. The molecule has 6 heteroatoms. The van der Waals surface area contributed by atoms with Gasteiger partial charge in [-0.1, -0.05) is 47.7 Å². The SMILES string of the molecule is COc1ccc2sc(N(CCN(C)C)C(=O)c3cccc4ccccc34)nc2c1. The van der Waals surface area contributed by atoms with E-state index in [1.165, 1.54) is 11.3 Å². The number of anilines is 1. The van der Waals surface area contributed by atoms with Crippen molar-refractivity contribution < 1.29 is 9.53 Å². The Labute approximate surface area is 174 Å². The summed E-state index contributed by atoms with van der Waals surface area (Å²) < 4.78 is 6.34. The smallest absolute Gasteiger partial charge is 0.260 e. The van der Waals surface area contributed by atoms with Crippen molar-refractivity contribution >= 4 is 43.4 Å². The van der Waals surface area contributed by atoms with E-state index in [1.807, 2.05) is 74.8 Å². The van der Waals surface area contributed by atoms with Gasteiger partial charge in [-0.15, -0.1) is 0 Å². The molecule has 0 aliphatic rings. The van der Waals surface area contributed by atoms with Gasteiger partial charge in [0.05, 0.1) is 17.3 Å². The largest absolute Gasteiger partial charge is 0.497 e. The molecule has 0 saturated heterocycles. The van der Waals surface area contributed by atoms with Gasteiger partial charge in [0.15, 0.2) is 5.13 Å². The van der Waals surface area contributed by atoms with Crippen LogP contribution in [0, 0.1) is 0 Å². The van der Waals surface area contributed by atoms with Crippen LogP contribution in [0.5, 0.6) is 5.75 Å². The predicted molar refractivity (Wildman–Crippen MR) is 120 cm³/mol. The lowest BCUT2D eigenvalue weighted by Gasteiger charge is -2.22. The molecule has 0 aliphatic heterocycles. The number of likely N-dealkylation sites (N-methyl/N-ethyl adjacent to an activating group) is 1. The van der Waals surface area contributed by atoms with Crippen LogP contribution in [-0.4, -0.2) is 50.1 Å². The standard InChI is InChI=1S/C23H23N3O2S/c1-25(2)13-14-26(23-24-20-15-17(28-3)11-12-21(20)29-23)22(27)19-10-6-8-16-7-4-5-9-18(16)19/h4-12,15H,13-14H2,1-3H3. The molecule has 0 unspecified atom stereocenters. The molecule has 0 saturated carbocycles. The number of aromatic nitrogens is 1.